The predicted molar refractivity (Wildman–Crippen MR) is 76.5 cm³/mol. The summed E-state index contributed by atoms with van der Waals surface area (Å²) in [6.07, 6.45) is -0.425. The molecule has 0 saturated heterocycles. The number of hydrogen-bond acceptors (Lipinski definition) is 4. The number of aromatic amines is 1. The van der Waals surface area contributed by atoms with E-state index in [0.29, 0.717) is 5.56 Å². The van der Waals surface area contributed by atoms with E-state index in [1.807, 2.05) is 13.8 Å². The zero-order valence-corrected chi connectivity index (χ0v) is 12.1. The second kappa shape index (κ2) is 6.05. The third kappa shape index (κ3) is 3.11. The summed E-state index contributed by atoms with van der Waals surface area (Å²) < 4.78 is 18.2. The van der Waals surface area contributed by atoms with E-state index in [-0.39, 0.29) is 17.3 Å². The fourth-order valence-electron chi connectivity index (χ4n) is 2.19. The second-order valence-electron chi connectivity index (χ2n) is 5.06. The van der Waals surface area contributed by atoms with Gasteiger partial charge in [0.1, 0.15) is 23.3 Å². The zero-order valence-electron chi connectivity index (χ0n) is 12.1. The molecule has 0 radical (unpaired) electrons. The highest BCUT2D eigenvalue weighted by atomic mass is 19.1. The van der Waals surface area contributed by atoms with Crippen molar-refractivity contribution in [3.05, 3.63) is 46.3 Å². The maximum Gasteiger partial charge on any atom is 0.262 e. The molecule has 1 unspecified atom stereocenters. The Hall–Kier alpha value is -2.21. The van der Waals surface area contributed by atoms with Crippen LogP contribution in [0.1, 0.15) is 25.8 Å². The monoisotopic (exact) mass is 292 g/mol. The lowest BCUT2D eigenvalue weighted by Gasteiger charge is -2.18. The summed E-state index contributed by atoms with van der Waals surface area (Å²) in [5.41, 5.74) is -0.0862. The van der Waals surface area contributed by atoms with Crippen molar-refractivity contribution in [2.45, 2.75) is 20.0 Å². The molecule has 1 aromatic heterocycles. The quantitative estimate of drug-likeness (QED) is 0.908. The van der Waals surface area contributed by atoms with Gasteiger partial charge in [0.2, 0.25) is 5.88 Å². The van der Waals surface area contributed by atoms with Gasteiger partial charge >= 0.3 is 0 Å². The van der Waals surface area contributed by atoms with Crippen molar-refractivity contribution in [1.82, 2.24) is 9.97 Å². The minimum absolute atomic E-state index is 0.0114. The van der Waals surface area contributed by atoms with Crippen LogP contribution in [0.4, 0.5) is 4.39 Å². The van der Waals surface area contributed by atoms with E-state index in [1.54, 1.807) is 0 Å². The SMILES string of the molecule is COC(c1nc(O)c(-c2ccc(F)cc2)c(=O)[nH]1)C(C)C. The fourth-order valence-corrected chi connectivity index (χ4v) is 2.19. The average molecular weight is 292 g/mol. The highest BCUT2D eigenvalue weighted by molar-refractivity contribution is 5.67. The van der Waals surface area contributed by atoms with Crippen LogP contribution in [0, 0.1) is 11.7 Å². The number of methoxy groups -OCH3 is 1. The summed E-state index contributed by atoms with van der Waals surface area (Å²) in [7, 11) is 1.51. The van der Waals surface area contributed by atoms with E-state index >= 15 is 0 Å². The second-order valence-corrected chi connectivity index (χ2v) is 5.06. The third-order valence-corrected chi connectivity index (χ3v) is 3.18. The first-order valence-corrected chi connectivity index (χ1v) is 6.56. The van der Waals surface area contributed by atoms with Gasteiger partial charge in [0.15, 0.2) is 0 Å². The van der Waals surface area contributed by atoms with Gasteiger partial charge in [-0.05, 0) is 23.6 Å². The van der Waals surface area contributed by atoms with E-state index in [1.165, 1.54) is 31.4 Å². The molecule has 1 atom stereocenters. The van der Waals surface area contributed by atoms with Crippen molar-refractivity contribution in [2.24, 2.45) is 5.92 Å². The van der Waals surface area contributed by atoms with Gasteiger partial charge in [-0.3, -0.25) is 4.79 Å². The van der Waals surface area contributed by atoms with Crippen molar-refractivity contribution in [3.63, 3.8) is 0 Å². The molecule has 5 nitrogen and oxygen atoms in total. The van der Waals surface area contributed by atoms with Gasteiger partial charge in [-0.1, -0.05) is 26.0 Å². The van der Waals surface area contributed by atoms with Gasteiger partial charge < -0.3 is 14.8 Å². The molecule has 2 aromatic rings. The van der Waals surface area contributed by atoms with Crippen LogP contribution >= 0.6 is 0 Å². The number of nitrogens with zero attached hydrogens (tertiary/aromatic N) is 1. The maximum atomic E-state index is 12.9. The first kappa shape index (κ1) is 15.2. The number of benzene rings is 1. The van der Waals surface area contributed by atoms with E-state index in [9.17, 15) is 14.3 Å². The van der Waals surface area contributed by atoms with Gasteiger partial charge in [-0.15, -0.1) is 0 Å². The van der Waals surface area contributed by atoms with Gasteiger partial charge in [0.25, 0.3) is 5.56 Å². The van der Waals surface area contributed by atoms with Crippen molar-refractivity contribution < 1.29 is 14.2 Å². The Balaban J connectivity index is 2.52. The number of ether oxygens (including phenoxy) is 1. The minimum atomic E-state index is -0.494. The number of hydrogen-bond donors (Lipinski definition) is 2. The molecule has 0 aliphatic rings. The van der Waals surface area contributed by atoms with Crippen LogP contribution in [0.25, 0.3) is 11.1 Å². The lowest BCUT2D eigenvalue weighted by molar-refractivity contribution is 0.0568. The lowest BCUT2D eigenvalue weighted by atomic mass is 10.1. The van der Waals surface area contributed by atoms with Crippen LogP contribution in [0.5, 0.6) is 5.88 Å². The first-order valence-electron chi connectivity index (χ1n) is 6.56. The zero-order chi connectivity index (χ0) is 15.6. The normalized spacial score (nSPS) is 12.6. The van der Waals surface area contributed by atoms with Gasteiger partial charge in [-0.25, -0.2) is 4.39 Å². The molecule has 1 aromatic carbocycles. The molecule has 0 fully saturated rings. The summed E-state index contributed by atoms with van der Waals surface area (Å²) in [5, 5.41) is 10.0. The molecule has 0 aliphatic carbocycles. The molecule has 0 aliphatic heterocycles. The third-order valence-electron chi connectivity index (χ3n) is 3.18. The van der Waals surface area contributed by atoms with Crippen molar-refractivity contribution in [3.8, 4) is 17.0 Å². The number of halogens is 1. The van der Waals surface area contributed by atoms with Gasteiger partial charge in [0, 0.05) is 7.11 Å². The summed E-state index contributed by atoms with van der Waals surface area (Å²) >= 11 is 0. The van der Waals surface area contributed by atoms with E-state index in [0.717, 1.165) is 0 Å². The van der Waals surface area contributed by atoms with Gasteiger partial charge in [-0.2, -0.15) is 4.98 Å². The van der Waals surface area contributed by atoms with Gasteiger partial charge in [0.05, 0.1) is 0 Å². The van der Waals surface area contributed by atoms with Crippen LogP contribution in [0.3, 0.4) is 0 Å². The minimum Gasteiger partial charge on any atom is -0.493 e. The Kier molecular flexibility index (Phi) is 4.37. The molecular formula is C15H17FN2O3. The molecule has 6 heteroatoms. The largest absolute Gasteiger partial charge is 0.493 e. The molecule has 0 amide bonds. The average Bonchev–Trinajstić information content (AvgIpc) is 2.40. The Labute approximate surface area is 121 Å². The maximum absolute atomic E-state index is 12.9. The van der Waals surface area contributed by atoms with Crippen LogP contribution < -0.4 is 5.56 Å². The molecule has 0 bridgehead atoms. The highest BCUT2D eigenvalue weighted by Crippen LogP contribution is 2.27. The number of aromatic hydroxyl groups is 1. The fraction of sp³-hybridized carbons (Fsp3) is 0.333. The van der Waals surface area contributed by atoms with Crippen molar-refractivity contribution in [1.29, 1.82) is 0 Å². The molecule has 2 rings (SSSR count). The van der Waals surface area contributed by atoms with E-state index < -0.39 is 23.4 Å². The van der Waals surface area contributed by atoms with Crippen molar-refractivity contribution in [2.75, 3.05) is 7.11 Å². The Morgan fingerprint density at radius 1 is 1.29 bits per heavy atom. The topological polar surface area (TPSA) is 75.2 Å². The molecule has 112 valence electrons. The first-order chi connectivity index (χ1) is 9.93. The molecular weight excluding hydrogens is 275 g/mol. The van der Waals surface area contributed by atoms with Crippen LogP contribution in [0.2, 0.25) is 0 Å². The highest BCUT2D eigenvalue weighted by Gasteiger charge is 2.21. The molecule has 0 saturated carbocycles. The number of nitrogens with one attached hydrogen (secondary N) is 1. The van der Waals surface area contributed by atoms with Crippen LogP contribution in [-0.4, -0.2) is 22.2 Å². The molecule has 0 spiro atoms. The van der Waals surface area contributed by atoms with Crippen LogP contribution in [-0.2, 0) is 4.74 Å². The Morgan fingerprint density at radius 2 is 1.90 bits per heavy atom. The standard InChI is InChI=1S/C15H17FN2O3/c1-8(2)12(21-3)13-17-14(19)11(15(20)18-13)9-4-6-10(16)7-5-9/h4-8,12H,1-3H3,(H2,17,18,19,20). The van der Waals surface area contributed by atoms with Crippen LogP contribution in [0.15, 0.2) is 29.1 Å². The summed E-state index contributed by atoms with van der Waals surface area (Å²) in [5.74, 6) is -0.475. The lowest BCUT2D eigenvalue weighted by Crippen LogP contribution is -2.20. The summed E-state index contributed by atoms with van der Waals surface area (Å²) in [6.45, 7) is 3.83. The van der Waals surface area contributed by atoms with Crippen molar-refractivity contribution >= 4 is 0 Å². The van der Waals surface area contributed by atoms with E-state index in [2.05, 4.69) is 9.97 Å². The molecule has 21 heavy (non-hydrogen) atoms. The molecule has 1 heterocycles. The summed E-state index contributed by atoms with van der Waals surface area (Å²) in [4.78, 5) is 18.8. The molecule has 2 N–H and O–H groups in total. The smallest absolute Gasteiger partial charge is 0.262 e. The number of rotatable bonds is 4. The Morgan fingerprint density at radius 3 is 2.38 bits per heavy atom. The number of aromatic nitrogens is 2. The summed E-state index contributed by atoms with van der Waals surface area (Å²) in [6, 6.07) is 5.26. The predicted octanol–water partition coefficient (Wildman–Crippen LogP) is 2.63. The number of H-pyrrole nitrogens is 1. The van der Waals surface area contributed by atoms with E-state index in [4.69, 9.17) is 4.74 Å². The Bertz CT molecular complexity index is 680.